The van der Waals surface area contributed by atoms with E-state index < -0.39 is 0 Å². The summed E-state index contributed by atoms with van der Waals surface area (Å²) in [4.78, 5) is 5.65. The summed E-state index contributed by atoms with van der Waals surface area (Å²) >= 11 is 0. The summed E-state index contributed by atoms with van der Waals surface area (Å²) in [6.45, 7) is 1.80. The summed E-state index contributed by atoms with van der Waals surface area (Å²) in [7, 11) is 2.14. The molecule has 0 bridgehead atoms. The second kappa shape index (κ2) is 6.99. The summed E-state index contributed by atoms with van der Waals surface area (Å²) in [6, 6.07) is 22.8. The lowest BCUT2D eigenvalue weighted by Crippen LogP contribution is -2.20. The van der Waals surface area contributed by atoms with Crippen molar-refractivity contribution in [2.24, 2.45) is 0 Å². The van der Waals surface area contributed by atoms with Gasteiger partial charge in [0.15, 0.2) is 0 Å². The van der Waals surface area contributed by atoms with Gasteiger partial charge in [-0.3, -0.25) is 4.90 Å². The molecule has 0 spiro atoms. The van der Waals surface area contributed by atoms with Crippen LogP contribution in [0.2, 0.25) is 0 Å². The second-order valence-electron chi connectivity index (χ2n) is 6.48. The molecule has 1 N–H and O–H groups in total. The molecule has 2 aromatic heterocycles. The van der Waals surface area contributed by atoms with Crippen LogP contribution in [-0.4, -0.2) is 23.5 Å². The number of rotatable bonds is 6. The van der Waals surface area contributed by atoms with Gasteiger partial charge in [-0.15, -0.1) is 0 Å². The maximum absolute atomic E-state index is 6.00. The van der Waals surface area contributed by atoms with Crippen molar-refractivity contribution < 1.29 is 4.42 Å². The average molecular weight is 330 g/mol. The third kappa shape index (κ3) is 3.52. The zero-order valence-corrected chi connectivity index (χ0v) is 14.4. The van der Waals surface area contributed by atoms with Crippen molar-refractivity contribution in [2.45, 2.75) is 13.0 Å². The van der Waals surface area contributed by atoms with Gasteiger partial charge < -0.3 is 9.40 Å². The molecule has 2 aromatic carbocycles. The lowest BCUT2D eigenvalue weighted by molar-refractivity contribution is 0.300. The summed E-state index contributed by atoms with van der Waals surface area (Å²) < 4.78 is 6.00. The van der Waals surface area contributed by atoms with Gasteiger partial charge >= 0.3 is 0 Å². The van der Waals surface area contributed by atoms with Crippen molar-refractivity contribution in [3.63, 3.8) is 0 Å². The molecular weight excluding hydrogens is 308 g/mol. The van der Waals surface area contributed by atoms with Gasteiger partial charge in [-0.1, -0.05) is 48.5 Å². The van der Waals surface area contributed by atoms with Gasteiger partial charge in [-0.05, 0) is 37.2 Å². The van der Waals surface area contributed by atoms with E-state index in [4.69, 9.17) is 4.42 Å². The van der Waals surface area contributed by atoms with Crippen LogP contribution in [0.1, 0.15) is 11.3 Å². The Labute approximate surface area is 147 Å². The fourth-order valence-electron chi connectivity index (χ4n) is 3.22. The summed E-state index contributed by atoms with van der Waals surface area (Å²) in [5.41, 5.74) is 3.70. The zero-order valence-electron chi connectivity index (χ0n) is 14.4. The maximum atomic E-state index is 6.00. The van der Waals surface area contributed by atoms with Gasteiger partial charge in [0.1, 0.15) is 11.5 Å². The molecule has 0 radical (unpaired) electrons. The first-order valence-corrected chi connectivity index (χ1v) is 8.67. The molecule has 0 fully saturated rings. The van der Waals surface area contributed by atoms with Crippen LogP contribution in [0.15, 0.2) is 77.3 Å². The second-order valence-corrected chi connectivity index (χ2v) is 6.48. The Morgan fingerprint density at radius 1 is 0.920 bits per heavy atom. The highest BCUT2D eigenvalue weighted by Gasteiger charge is 2.09. The third-order valence-electron chi connectivity index (χ3n) is 4.58. The summed E-state index contributed by atoms with van der Waals surface area (Å²) in [6.07, 6.45) is 3.14. The van der Waals surface area contributed by atoms with Crippen LogP contribution in [0.5, 0.6) is 0 Å². The van der Waals surface area contributed by atoms with Gasteiger partial charge in [-0.2, -0.15) is 0 Å². The lowest BCUT2D eigenvalue weighted by Gasteiger charge is -2.14. The van der Waals surface area contributed by atoms with E-state index in [-0.39, 0.29) is 0 Å². The number of aromatic amines is 1. The Bertz CT molecular complexity index is 952. The fourth-order valence-corrected chi connectivity index (χ4v) is 3.22. The van der Waals surface area contributed by atoms with Crippen LogP contribution in [0, 0.1) is 0 Å². The lowest BCUT2D eigenvalue weighted by atomic mass is 10.1. The molecule has 0 amide bonds. The Morgan fingerprint density at radius 3 is 2.60 bits per heavy atom. The van der Waals surface area contributed by atoms with Crippen LogP contribution in [0.25, 0.3) is 22.2 Å². The number of benzene rings is 2. The average Bonchev–Trinajstić information content (AvgIpc) is 3.28. The number of likely N-dealkylation sites (N-methyl/N-ethyl adjacent to an activating group) is 1. The topological polar surface area (TPSA) is 32.2 Å². The van der Waals surface area contributed by atoms with E-state index in [1.165, 1.54) is 16.5 Å². The van der Waals surface area contributed by atoms with Crippen LogP contribution < -0.4 is 0 Å². The van der Waals surface area contributed by atoms with Gasteiger partial charge in [0.05, 0.1) is 6.54 Å². The van der Waals surface area contributed by atoms with Crippen molar-refractivity contribution in [3.8, 4) is 11.3 Å². The van der Waals surface area contributed by atoms with E-state index in [0.29, 0.717) is 0 Å². The molecule has 0 atom stereocenters. The Balaban J connectivity index is 1.38. The number of para-hydroxylation sites is 1. The summed E-state index contributed by atoms with van der Waals surface area (Å²) in [5.74, 6) is 1.93. The first-order chi connectivity index (χ1) is 12.3. The molecule has 3 nitrogen and oxygen atoms in total. The predicted molar refractivity (Wildman–Crippen MR) is 102 cm³/mol. The minimum atomic E-state index is 0.815. The van der Waals surface area contributed by atoms with Gasteiger partial charge in [0.2, 0.25) is 0 Å². The highest BCUT2D eigenvalue weighted by molar-refractivity contribution is 5.83. The number of nitrogens with zero attached hydrogens (tertiary/aromatic N) is 1. The summed E-state index contributed by atoms with van der Waals surface area (Å²) in [5, 5.41) is 1.32. The minimum Gasteiger partial charge on any atom is -0.460 e. The Hall–Kier alpha value is -2.78. The quantitative estimate of drug-likeness (QED) is 0.533. The number of hydrogen-bond acceptors (Lipinski definition) is 2. The number of nitrogens with one attached hydrogen (secondary N) is 1. The molecule has 0 aliphatic carbocycles. The normalized spacial score (nSPS) is 11.4. The zero-order chi connectivity index (χ0) is 17.1. The predicted octanol–water partition coefficient (Wildman–Crippen LogP) is 5.10. The van der Waals surface area contributed by atoms with E-state index in [1.54, 1.807) is 0 Å². The SMILES string of the molecule is CN(CCc1c[nH]c2ccccc12)Cc1ccc(-c2ccccc2)o1. The van der Waals surface area contributed by atoms with Crippen molar-refractivity contribution >= 4 is 10.9 Å². The standard InChI is InChI=1S/C22H22N2O/c1-24(14-13-18-15-23-21-10-6-5-9-20(18)21)16-19-11-12-22(25-19)17-7-3-2-4-8-17/h2-12,15,23H,13-14,16H2,1H3. The molecule has 0 saturated carbocycles. The molecule has 4 aromatic rings. The molecule has 0 saturated heterocycles. The number of fused-ring (bicyclic) bond motifs is 1. The van der Waals surface area contributed by atoms with E-state index in [0.717, 1.165) is 36.6 Å². The Morgan fingerprint density at radius 2 is 1.72 bits per heavy atom. The molecule has 0 aliphatic rings. The van der Waals surface area contributed by atoms with Crippen molar-refractivity contribution in [2.75, 3.05) is 13.6 Å². The first-order valence-electron chi connectivity index (χ1n) is 8.67. The molecule has 4 rings (SSSR count). The van der Waals surface area contributed by atoms with Gasteiger partial charge in [0, 0.05) is 29.2 Å². The molecule has 2 heterocycles. The van der Waals surface area contributed by atoms with Gasteiger partial charge in [0.25, 0.3) is 0 Å². The number of aromatic nitrogens is 1. The molecule has 0 aliphatic heterocycles. The number of hydrogen-bond donors (Lipinski definition) is 1. The van der Waals surface area contributed by atoms with Crippen LogP contribution in [0.3, 0.4) is 0 Å². The maximum Gasteiger partial charge on any atom is 0.134 e. The monoisotopic (exact) mass is 330 g/mol. The minimum absolute atomic E-state index is 0.815. The van der Waals surface area contributed by atoms with E-state index in [1.807, 2.05) is 18.2 Å². The fraction of sp³-hybridized carbons (Fsp3) is 0.182. The van der Waals surface area contributed by atoms with Crippen molar-refractivity contribution in [1.29, 1.82) is 0 Å². The third-order valence-corrected chi connectivity index (χ3v) is 4.58. The molecular formula is C22H22N2O. The van der Waals surface area contributed by atoms with Crippen LogP contribution >= 0.6 is 0 Å². The molecule has 126 valence electrons. The smallest absolute Gasteiger partial charge is 0.134 e. The molecule has 25 heavy (non-hydrogen) atoms. The van der Waals surface area contributed by atoms with Crippen molar-refractivity contribution in [1.82, 2.24) is 9.88 Å². The van der Waals surface area contributed by atoms with E-state index in [2.05, 4.69) is 71.7 Å². The molecule has 3 heteroatoms. The Kier molecular flexibility index (Phi) is 4.40. The van der Waals surface area contributed by atoms with E-state index >= 15 is 0 Å². The highest BCUT2D eigenvalue weighted by atomic mass is 16.3. The van der Waals surface area contributed by atoms with Gasteiger partial charge in [-0.25, -0.2) is 0 Å². The highest BCUT2D eigenvalue weighted by Crippen LogP contribution is 2.23. The van der Waals surface area contributed by atoms with Crippen molar-refractivity contribution in [3.05, 3.63) is 84.3 Å². The van der Waals surface area contributed by atoms with E-state index in [9.17, 15) is 0 Å². The van der Waals surface area contributed by atoms with Crippen LogP contribution in [-0.2, 0) is 13.0 Å². The number of furan rings is 1. The number of H-pyrrole nitrogens is 1. The largest absolute Gasteiger partial charge is 0.460 e. The van der Waals surface area contributed by atoms with Crippen LogP contribution in [0.4, 0.5) is 0 Å². The molecule has 0 unspecified atom stereocenters. The first kappa shape index (κ1) is 15.7.